The van der Waals surface area contributed by atoms with Gasteiger partial charge in [0.1, 0.15) is 5.75 Å². The number of benzene rings is 2. The van der Waals surface area contributed by atoms with Gasteiger partial charge in [0.15, 0.2) is 12.7 Å². The molecule has 0 fully saturated rings. The van der Waals surface area contributed by atoms with E-state index >= 15 is 0 Å². The number of rotatable bonds is 20. The van der Waals surface area contributed by atoms with Gasteiger partial charge in [0.05, 0.1) is 17.2 Å². The summed E-state index contributed by atoms with van der Waals surface area (Å²) in [4.78, 5) is 15.8. The van der Waals surface area contributed by atoms with Gasteiger partial charge in [-0.3, -0.25) is 4.79 Å². The number of hydrogen-bond donors (Lipinski definition) is 0. The highest BCUT2D eigenvalue weighted by Gasteiger charge is 2.18. The Kier molecular flexibility index (Phi) is 17.6. The Balaban J connectivity index is 0.00000588. The number of aryl methyl sites for hydroxylation is 1. The lowest BCUT2D eigenvalue weighted by molar-refractivity contribution is -0.683. The lowest BCUT2D eigenvalue weighted by Crippen LogP contribution is -3.00. The van der Waals surface area contributed by atoms with Crippen LogP contribution >= 0.6 is 11.3 Å². The van der Waals surface area contributed by atoms with E-state index in [-0.39, 0.29) is 22.9 Å². The third kappa shape index (κ3) is 13.6. The van der Waals surface area contributed by atoms with Crippen LogP contribution in [-0.4, -0.2) is 19.1 Å². The Bertz CT molecular complexity index is 1120. The highest BCUT2D eigenvalue weighted by Crippen LogP contribution is 2.22. The maximum atomic E-state index is 12.6. The quantitative estimate of drug-likeness (QED) is 0.111. The van der Waals surface area contributed by atoms with E-state index in [1.54, 1.807) is 18.3 Å². The van der Waals surface area contributed by atoms with Gasteiger partial charge in [-0.05, 0) is 43.5 Å². The monoisotopic (exact) mass is 642 g/mol. The van der Waals surface area contributed by atoms with Gasteiger partial charge >= 0.3 is 0 Å². The van der Waals surface area contributed by atoms with E-state index in [0.29, 0.717) is 6.54 Å². The topological polar surface area (TPSA) is 33.4 Å². The van der Waals surface area contributed by atoms with Crippen molar-refractivity contribution >= 4 is 22.9 Å². The van der Waals surface area contributed by atoms with Crippen LogP contribution in [0.1, 0.15) is 107 Å². The molecule has 0 aliphatic carbocycles. The van der Waals surface area contributed by atoms with Crippen LogP contribution in [0, 0.1) is 6.92 Å². The molecule has 0 aliphatic rings. The first-order valence-corrected chi connectivity index (χ1v) is 16.5. The number of thiazole rings is 1. The average Bonchev–Trinajstić information content (AvgIpc) is 3.37. The van der Waals surface area contributed by atoms with Gasteiger partial charge in [-0.1, -0.05) is 119 Å². The van der Waals surface area contributed by atoms with Crippen LogP contribution in [0.3, 0.4) is 0 Å². The van der Waals surface area contributed by atoms with Crippen molar-refractivity contribution in [2.45, 2.75) is 111 Å². The maximum absolute atomic E-state index is 12.6. The molecular formula is C35H51BrN2O2S. The summed E-state index contributed by atoms with van der Waals surface area (Å²) in [6.45, 7) is 8.25. The molecule has 0 saturated heterocycles. The summed E-state index contributed by atoms with van der Waals surface area (Å²) in [5, 5.41) is 0. The van der Waals surface area contributed by atoms with Crippen molar-refractivity contribution in [3.8, 4) is 5.75 Å². The van der Waals surface area contributed by atoms with E-state index < -0.39 is 0 Å². The number of carbonyl (C=O) groups is 1. The molecule has 0 saturated carbocycles. The Labute approximate surface area is 263 Å². The summed E-state index contributed by atoms with van der Waals surface area (Å²) in [6.07, 6.45) is 19.2. The molecule has 1 amide bonds. The number of hydrogen-bond acceptors (Lipinski definition) is 3. The van der Waals surface area contributed by atoms with Gasteiger partial charge < -0.3 is 26.6 Å². The summed E-state index contributed by atoms with van der Waals surface area (Å²) < 4.78 is 8.18. The summed E-state index contributed by atoms with van der Waals surface area (Å²) >= 11 is 1.74. The van der Waals surface area contributed by atoms with Crippen molar-refractivity contribution < 1.29 is 31.1 Å². The second-order valence-corrected chi connectivity index (χ2v) is 12.2. The number of anilines is 1. The molecule has 0 unspecified atom stereocenters. The smallest absolute Gasteiger partial charge is 0.225 e. The second kappa shape index (κ2) is 20.7. The van der Waals surface area contributed by atoms with Gasteiger partial charge in [-0.2, -0.15) is 4.57 Å². The van der Waals surface area contributed by atoms with E-state index in [1.807, 2.05) is 17.0 Å². The molecule has 3 aromatic rings. The Morgan fingerprint density at radius 3 is 2.05 bits per heavy atom. The van der Waals surface area contributed by atoms with Gasteiger partial charge in [0.25, 0.3) is 0 Å². The van der Waals surface area contributed by atoms with Crippen molar-refractivity contribution in [2.75, 3.05) is 18.1 Å². The molecule has 3 rings (SSSR count). The second-order valence-electron chi connectivity index (χ2n) is 11.1. The minimum absolute atomic E-state index is 0. The number of aromatic nitrogens is 1. The van der Waals surface area contributed by atoms with Crippen molar-refractivity contribution in [1.29, 1.82) is 0 Å². The lowest BCUT2D eigenvalue weighted by atomic mass is 10.1. The van der Waals surface area contributed by atoms with Crippen LogP contribution in [0.5, 0.6) is 5.75 Å². The molecule has 226 valence electrons. The van der Waals surface area contributed by atoms with Crippen LogP contribution in [-0.2, 0) is 17.8 Å². The third-order valence-electron chi connectivity index (χ3n) is 7.55. The van der Waals surface area contributed by atoms with Crippen molar-refractivity contribution in [2.24, 2.45) is 0 Å². The number of carbonyl (C=O) groups excluding carboxylic acids is 1. The Morgan fingerprint density at radius 1 is 0.854 bits per heavy atom. The molecule has 1 heterocycles. The molecule has 0 atom stereocenters. The van der Waals surface area contributed by atoms with Crippen LogP contribution in [0.15, 0.2) is 60.2 Å². The molecule has 0 N–H and O–H groups in total. The zero-order valence-corrected chi connectivity index (χ0v) is 28.0. The summed E-state index contributed by atoms with van der Waals surface area (Å²) in [6, 6.07) is 16.6. The maximum Gasteiger partial charge on any atom is 0.225 e. The average molecular weight is 644 g/mol. The highest BCUT2D eigenvalue weighted by molar-refractivity contribution is 7.09. The standard InChI is InChI=1S/C35H51N2O2S.BrH/c1-4-5-6-7-8-9-10-11-12-13-14-17-26-39-34-22-20-32(21-23-34)24-25-37(31(3)38)35-19-16-15-18-33(35)28-36-27-30(2)40-29-36;/h15-16,18-23,27,29H,4-14,17,24-26,28H2,1-3H3;1H/q+1;/p-1. The van der Waals surface area contributed by atoms with E-state index in [9.17, 15) is 4.79 Å². The zero-order valence-electron chi connectivity index (χ0n) is 25.6. The molecule has 0 radical (unpaired) electrons. The van der Waals surface area contributed by atoms with Crippen LogP contribution in [0.4, 0.5) is 5.69 Å². The minimum atomic E-state index is 0. The first kappa shape index (κ1) is 35.0. The molecule has 0 spiro atoms. The molecule has 0 aliphatic heterocycles. The van der Waals surface area contributed by atoms with Crippen molar-refractivity contribution in [3.63, 3.8) is 0 Å². The summed E-state index contributed by atoms with van der Waals surface area (Å²) in [5.74, 6) is 1.00. The Morgan fingerprint density at radius 2 is 1.46 bits per heavy atom. The van der Waals surface area contributed by atoms with E-state index in [2.05, 4.69) is 66.5 Å². The largest absolute Gasteiger partial charge is 1.00 e. The molecule has 41 heavy (non-hydrogen) atoms. The number of nitrogens with zero attached hydrogens (tertiary/aromatic N) is 2. The fourth-order valence-corrected chi connectivity index (χ4v) is 5.84. The lowest BCUT2D eigenvalue weighted by Gasteiger charge is -2.23. The van der Waals surface area contributed by atoms with Gasteiger partial charge in [0.2, 0.25) is 11.4 Å². The summed E-state index contributed by atoms with van der Waals surface area (Å²) in [5.41, 5.74) is 5.49. The molecular weight excluding hydrogens is 592 g/mol. The number of para-hydroxylation sites is 1. The minimum Gasteiger partial charge on any atom is -1.00 e. The van der Waals surface area contributed by atoms with Gasteiger partial charge in [0, 0.05) is 19.0 Å². The van der Waals surface area contributed by atoms with Gasteiger partial charge in [-0.15, -0.1) is 0 Å². The first-order valence-electron chi connectivity index (χ1n) is 15.6. The number of amides is 1. The van der Waals surface area contributed by atoms with Crippen LogP contribution in [0.25, 0.3) is 0 Å². The molecule has 2 aromatic carbocycles. The zero-order chi connectivity index (χ0) is 28.4. The predicted molar refractivity (Wildman–Crippen MR) is 170 cm³/mol. The fourth-order valence-electron chi connectivity index (χ4n) is 5.21. The normalized spacial score (nSPS) is 10.8. The predicted octanol–water partition coefficient (Wildman–Crippen LogP) is 6.07. The fraction of sp³-hybridized carbons (Fsp3) is 0.543. The van der Waals surface area contributed by atoms with E-state index in [1.165, 1.54) is 81.1 Å². The van der Waals surface area contributed by atoms with E-state index in [4.69, 9.17) is 4.74 Å². The Hall–Kier alpha value is -2.18. The summed E-state index contributed by atoms with van der Waals surface area (Å²) in [7, 11) is 0. The van der Waals surface area contributed by atoms with Crippen LogP contribution < -0.4 is 31.2 Å². The van der Waals surface area contributed by atoms with E-state index in [0.717, 1.165) is 43.0 Å². The number of unbranched alkanes of at least 4 members (excludes halogenated alkanes) is 11. The molecule has 0 bridgehead atoms. The van der Waals surface area contributed by atoms with Crippen LogP contribution in [0.2, 0.25) is 0 Å². The highest BCUT2D eigenvalue weighted by atomic mass is 79.9. The molecule has 6 heteroatoms. The SMILES string of the molecule is CCCCCCCCCCCCCCOc1ccc(CCN(C(C)=O)c2ccccc2C[n+]2csc(C)c2)cc1.[Br-]. The van der Waals surface area contributed by atoms with Crippen molar-refractivity contribution in [3.05, 3.63) is 76.2 Å². The van der Waals surface area contributed by atoms with Gasteiger partial charge in [-0.25, -0.2) is 0 Å². The molecule has 1 aromatic heterocycles. The molecule has 4 nitrogen and oxygen atoms in total. The first-order chi connectivity index (χ1) is 19.6. The third-order valence-corrected chi connectivity index (χ3v) is 8.40. The number of halogens is 1. The number of ether oxygens (including phenoxy) is 1. The van der Waals surface area contributed by atoms with Crippen molar-refractivity contribution in [1.82, 2.24) is 0 Å².